The molecule has 22 heteroatoms. The van der Waals surface area contributed by atoms with E-state index in [1.165, 1.54) is 75.7 Å². The predicted octanol–water partition coefficient (Wildman–Crippen LogP) is 26.2. The number of nitrogens with zero attached hydrogens (tertiary/aromatic N) is 8. The first-order valence-electron chi connectivity index (χ1n) is 45.5. The molecule has 7 aromatic heterocycles. The third-order valence-electron chi connectivity index (χ3n) is 23.1. The molecule has 13 aromatic carbocycles. The van der Waals surface area contributed by atoms with Crippen LogP contribution in [0.4, 0.5) is 77.0 Å². The fraction of sp³-hybridized carbons (Fsp3) is 0.0678. The zero-order valence-corrected chi connectivity index (χ0v) is 76.7. The summed E-state index contributed by atoms with van der Waals surface area (Å²) in [7, 11) is 4.02. The average Bonchev–Trinajstić information content (AvgIpc) is 0.805. The zero-order valence-electron chi connectivity index (χ0n) is 76.7. The lowest BCUT2D eigenvalue weighted by Gasteiger charge is -2.15. The van der Waals surface area contributed by atoms with E-state index >= 15 is 0 Å². The van der Waals surface area contributed by atoms with Crippen LogP contribution in [-0.2, 0) is 32.1 Å². The maximum Gasteiger partial charge on any atom is 0.274 e. The maximum absolute atomic E-state index is 13.8. The van der Waals surface area contributed by atoms with Gasteiger partial charge in [-0.3, -0.25) is 43.9 Å². The van der Waals surface area contributed by atoms with Gasteiger partial charge in [-0.1, -0.05) is 194 Å². The summed E-state index contributed by atoms with van der Waals surface area (Å²) in [6.45, 7) is 1.54. The quantitative estimate of drug-likeness (QED) is 0.0236. The number of hydrogen-bond donors (Lipinski definition) is 7. The third-order valence-corrected chi connectivity index (χ3v) is 23.1. The van der Waals surface area contributed by atoms with Crippen LogP contribution in [-0.4, -0.2) is 78.3 Å². The Labute approximate surface area is 808 Å². The summed E-state index contributed by atoms with van der Waals surface area (Å²) in [5.74, 6) is -1.43. The molecule has 0 aliphatic heterocycles. The van der Waals surface area contributed by atoms with Gasteiger partial charge in [-0.15, -0.1) is 0 Å². The van der Waals surface area contributed by atoms with E-state index in [9.17, 15) is 32.8 Å². The van der Waals surface area contributed by atoms with Gasteiger partial charge < -0.3 is 42.1 Å². The van der Waals surface area contributed by atoms with Crippen molar-refractivity contribution in [3.8, 4) is 0 Å². The van der Waals surface area contributed by atoms with Gasteiger partial charge in [0.25, 0.3) is 17.7 Å². The molecule has 0 saturated heterocycles. The second-order valence-electron chi connectivity index (χ2n) is 33.5. The highest BCUT2D eigenvalue weighted by Crippen LogP contribution is 2.34. The number of carbonyl (C=O) groups is 5. The van der Waals surface area contributed by atoms with Crippen molar-refractivity contribution >= 4 is 141 Å². The SMILES string of the molecule is CC(=O)c1ccc2nccc(Nc3ccc(C(=O)Nc4ccc(Cc5ccccc5)cc4)nc3)c2c1.CN(C)c1ccc2nccc(Nc3ccc(C(=O)Nc4ccc(Cc5ccccc5)cc4)nc3)c2c1.O=C(Cc1cccc(Cc2ccccc2)c1)c1cccc(Nc2ccnc3ccc(F)cc23)c1.O=C(Nc1ccc(Cc2ccccc2)cc1)c1ccc(Nc2ccnc3ccc(F)cc23)cn1. The largest absolute Gasteiger partial charge is 0.378 e. The van der Waals surface area contributed by atoms with Crippen LogP contribution in [0.5, 0.6) is 0 Å². The Morgan fingerprint density at radius 3 is 0.957 bits per heavy atom. The molecule has 0 aliphatic rings. The number of anilines is 12. The molecule has 0 atom stereocenters. The van der Waals surface area contributed by atoms with Gasteiger partial charge in [0.05, 0.1) is 57.7 Å². The van der Waals surface area contributed by atoms with Gasteiger partial charge >= 0.3 is 0 Å². The van der Waals surface area contributed by atoms with Gasteiger partial charge in [-0.05, 0) is 265 Å². The number of halogens is 2. The fourth-order valence-corrected chi connectivity index (χ4v) is 15.8. The third kappa shape index (κ3) is 25.3. The van der Waals surface area contributed by atoms with Crippen molar-refractivity contribution in [3.63, 3.8) is 0 Å². The van der Waals surface area contributed by atoms with Gasteiger partial charge in [0.1, 0.15) is 28.7 Å². The number of amides is 3. The van der Waals surface area contributed by atoms with Crippen molar-refractivity contribution in [1.29, 1.82) is 0 Å². The molecule has 686 valence electrons. The average molecular weight is 1840 g/mol. The monoisotopic (exact) mass is 1840 g/mol. The van der Waals surface area contributed by atoms with Crippen LogP contribution in [0, 0.1) is 11.6 Å². The number of ketones is 2. The summed E-state index contributed by atoms with van der Waals surface area (Å²) in [5, 5.41) is 25.1. The van der Waals surface area contributed by atoms with E-state index in [-0.39, 0.29) is 40.9 Å². The van der Waals surface area contributed by atoms with Crippen LogP contribution in [0.2, 0.25) is 0 Å². The summed E-state index contributed by atoms with van der Waals surface area (Å²) < 4.78 is 27.5. The van der Waals surface area contributed by atoms with E-state index in [0.717, 1.165) is 98.6 Å². The summed E-state index contributed by atoms with van der Waals surface area (Å²) in [4.78, 5) is 95.3. The molecule has 0 bridgehead atoms. The van der Waals surface area contributed by atoms with Gasteiger partial charge in [0, 0.05) is 129 Å². The van der Waals surface area contributed by atoms with Crippen molar-refractivity contribution in [2.45, 2.75) is 39.0 Å². The number of pyridine rings is 7. The summed E-state index contributed by atoms with van der Waals surface area (Å²) in [5.41, 5.74) is 25.4. The minimum absolute atomic E-state index is 0.00503. The lowest BCUT2D eigenvalue weighted by molar-refractivity contribution is 0.0988. The molecule has 3 amide bonds. The van der Waals surface area contributed by atoms with E-state index in [0.29, 0.717) is 79.2 Å². The van der Waals surface area contributed by atoms with Gasteiger partial charge in [0.2, 0.25) is 0 Å². The second-order valence-corrected chi connectivity index (χ2v) is 33.5. The number of hydrogen-bond acceptors (Lipinski definition) is 17. The van der Waals surface area contributed by atoms with Crippen LogP contribution in [0.15, 0.2) is 419 Å². The molecule has 20 aromatic rings. The van der Waals surface area contributed by atoms with E-state index in [1.807, 2.05) is 239 Å². The van der Waals surface area contributed by atoms with Crippen LogP contribution in [0.3, 0.4) is 0 Å². The molecule has 0 fully saturated rings. The highest BCUT2D eigenvalue weighted by Gasteiger charge is 2.18. The van der Waals surface area contributed by atoms with Crippen molar-refractivity contribution in [3.05, 3.63) is 509 Å². The van der Waals surface area contributed by atoms with Crippen molar-refractivity contribution < 1.29 is 32.8 Å². The molecular formula is C118H95F2N15O5. The highest BCUT2D eigenvalue weighted by atomic mass is 19.1. The Kier molecular flexibility index (Phi) is 30.1. The molecule has 0 aliphatic carbocycles. The van der Waals surface area contributed by atoms with Crippen LogP contribution in [0.25, 0.3) is 43.6 Å². The minimum atomic E-state index is -0.332. The number of Topliss-reactive ketones (excluding diaryl/α,β-unsaturated/α-hetero) is 2. The highest BCUT2D eigenvalue weighted by molar-refractivity contribution is 6.06. The van der Waals surface area contributed by atoms with Crippen molar-refractivity contribution in [1.82, 2.24) is 34.9 Å². The Bertz CT molecular complexity index is 7750. The number of aromatic nitrogens is 7. The second kappa shape index (κ2) is 45.1. The van der Waals surface area contributed by atoms with E-state index in [4.69, 9.17) is 0 Å². The fourth-order valence-electron chi connectivity index (χ4n) is 15.8. The Morgan fingerprint density at radius 2 is 0.586 bits per heavy atom. The molecule has 7 N–H and O–H groups in total. The van der Waals surface area contributed by atoms with E-state index in [1.54, 1.807) is 104 Å². The number of carbonyl (C=O) groups excluding carboxylic acids is 5. The molecule has 0 unspecified atom stereocenters. The Hall–Kier alpha value is -18.4. The number of benzene rings is 13. The van der Waals surface area contributed by atoms with E-state index < -0.39 is 0 Å². The number of fused-ring (bicyclic) bond motifs is 4. The van der Waals surface area contributed by atoms with Crippen LogP contribution in [0.1, 0.15) is 109 Å². The molecule has 140 heavy (non-hydrogen) atoms. The van der Waals surface area contributed by atoms with Gasteiger partial charge in [0.15, 0.2) is 11.6 Å². The predicted molar refractivity (Wildman–Crippen MR) is 558 cm³/mol. The van der Waals surface area contributed by atoms with Crippen LogP contribution >= 0.6 is 0 Å². The summed E-state index contributed by atoms with van der Waals surface area (Å²) in [6, 6.07) is 119. The molecule has 20 rings (SSSR count). The summed E-state index contributed by atoms with van der Waals surface area (Å²) >= 11 is 0. The standard InChI is InChI=1S/C30H23FN2O.C30H27N5O.C30H24N4O2.C28H21FN4O/c31-25-12-13-28-27(20-25)29(14-15-32-28)33-26-11-5-10-24(19-26)30(34)18-23-9-4-8-22(17-23)16-21-6-2-1-3-7-21;1-35(2)25-13-15-27-26(19-25)28(16-17-31-27)33-24-12-14-29(32-20-24)30(36)34-23-10-8-22(9-11-23)18-21-6-4-3-5-7-21;1-20(35)23-9-13-27-26(18-23)28(15-16-31-27)33-25-12-14-29(32-19-25)30(36)34-24-10-7-22(8-11-24)17-21-5-3-2-4-6-21;29-21-8-12-25-24(17-21)26(14-15-30-25)32-23-11-13-27(31-18-23)28(34)33-22-9-6-20(7-10-22)16-19-4-2-1-3-5-19/h1-15,17,19-20H,16,18H2,(H,32,33);3-17,19-20H,18H2,1-2H3,(H,31,33)(H,34,36);2-16,18-19H,17H2,1H3,(H,31,33)(H,34,36);1-15,17-18H,16H2,(H,30,32)(H,33,34). The first kappa shape index (κ1) is 93.4. The topological polar surface area (TPSA) is 263 Å². The molecule has 0 radical (unpaired) electrons. The minimum Gasteiger partial charge on any atom is -0.378 e. The molecule has 0 saturated carbocycles. The smallest absolute Gasteiger partial charge is 0.274 e. The number of rotatable bonds is 27. The van der Waals surface area contributed by atoms with Crippen molar-refractivity contribution in [2.24, 2.45) is 0 Å². The summed E-state index contributed by atoms with van der Waals surface area (Å²) in [6.07, 6.45) is 15.4. The van der Waals surface area contributed by atoms with Gasteiger partial charge in [-0.25, -0.2) is 23.7 Å². The molecule has 7 heterocycles. The molecule has 0 spiro atoms. The lowest BCUT2D eigenvalue weighted by atomic mass is 9.98. The number of nitrogens with one attached hydrogen (secondary N) is 7. The molecular weight excluding hydrogens is 1750 g/mol. The first-order chi connectivity index (χ1) is 68.4. The Morgan fingerprint density at radius 1 is 0.264 bits per heavy atom. The maximum atomic E-state index is 13.8. The van der Waals surface area contributed by atoms with E-state index in [2.05, 4.69) is 144 Å². The first-order valence-corrected chi connectivity index (χ1v) is 45.5. The van der Waals surface area contributed by atoms with Gasteiger partial charge in [-0.2, -0.15) is 0 Å². The lowest BCUT2D eigenvalue weighted by Crippen LogP contribution is -2.13. The Balaban J connectivity index is 0.000000129. The van der Waals surface area contributed by atoms with Crippen molar-refractivity contribution in [2.75, 3.05) is 56.2 Å². The normalized spacial score (nSPS) is 10.8. The van der Waals surface area contributed by atoms with Crippen LogP contribution < -0.4 is 42.1 Å². The molecule has 20 nitrogen and oxygen atoms in total. The zero-order chi connectivity index (χ0) is 96.5.